The maximum Gasteiger partial charge on any atom is 0.293 e. The molecule has 11 nitrogen and oxygen atoms in total. The Morgan fingerprint density at radius 1 is 0.950 bits per heavy atom. The molecule has 0 saturated carbocycles. The van der Waals surface area contributed by atoms with Crippen LogP contribution < -0.4 is 16.4 Å². The van der Waals surface area contributed by atoms with E-state index in [9.17, 15) is 33.3 Å². The van der Waals surface area contributed by atoms with Crippen molar-refractivity contribution in [1.82, 2.24) is 5.32 Å². The van der Waals surface area contributed by atoms with Crippen molar-refractivity contribution in [3.63, 3.8) is 0 Å². The lowest BCUT2D eigenvalue weighted by Crippen LogP contribution is -2.46. The number of halogens is 1. The second-order valence-corrected chi connectivity index (χ2v) is 8.81. The molecule has 1 atom stereocenters. The summed E-state index contributed by atoms with van der Waals surface area (Å²) in [5.74, 6) is -6.11. The summed E-state index contributed by atoms with van der Waals surface area (Å²) < 4.78 is 14.1. The van der Waals surface area contributed by atoms with Crippen LogP contribution in [0.4, 0.5) is 10.1 Å². The lowest BCUT2D eigenvalue weighted by Gasteiger charge is -2.17. The van der Waals surface area contributed by atoms with Gasteiger partial charge in [0.05, 0.1) is 17.3 Å². The zero-order chi connectivity index (χ0) is 29.2. The van der Waals surface area contributed by atoms with E-state index in [0.29, 0.717) is 6.42 Å². The van der Waals surface area contributed by atoms with Crippen molar-refractivity contribution < 1.29 is 28.4 Å². The summed E-state index contributed by atoms with van der Waals surface area (Å²) in [7, 11) is 0. The molecule has 206 valence electrons. The molecule has 3 aromatic carbocycles. The van der Waals surface area contributed by atoms with Gasteiger partial charge in [-0.25, -0.2) is 9.38 Å². The molecule has 0 spiro atoms. The fourth-order valence-electron chi connectivity index (χ4n) is 3.88. The van der Waals surface area contributed by atoms with E-state index in [0.717, 1.165) is 35.9 Å². The van der Waals surface area contributed by atoms with Crippen LogP contribution in [0.1, 0.15) is 46.9 Å². The number of anilines is 1. The van der Waals surface area contributed by atoms with Gasteiger partial charge in [-0.3, -0.25) is 24.0 Å². The van der Waals surface area contributed by atoms with E-state index in [1.54, 1.807) is 18.2 Å². The van der Waals surface area contributed by atoms with Crippen molar-refractivity contribution in [2.75, 3.05) is 11.9 Å². The number of unbranched alkanes of at least 4 members (excludes halogenated alkanes) is 1. The number of hydrogen-bond acceptors (Lipinski definition) is 7. The molecule has 0 radical (unpaired) electrons. The Bertz CT molecular complexity index is 1520. The average Bonchev–Trinajstić information content (AvgIpc) is 2.95. The molecule has 3 aromatic rings. The number of Topliss-reactive ketones (excluding diaryl/α,β-unsaturated/α-hetero) is 3. The van der Waals surface area contributed by atoms with E-state index >= 15 is 0 Å². The maximum atomic E-state index is 14.1. The molecule has 0 heterocycles. The third-order valence-electron chi connectivity index (χ3n) is 5.93. The molecule has 0 aliphatic rings. The lowest BCUT2D eigenvalue weighted by atomic mass is 10.0. The van der Waals surface area contributed by atoms with Crippen LogP contribution in [0.25, 0.3) is 10.8 Å². The highest BCUT2D eigenvalue weighted by Gasteiger charge is 2.28. The predicted octanol–water partition coefficient (Wildman–Crippen LogP) is 3.31. The number of nitrogens with one attached hydrogen (secondary N) is 2. The smallest absolute Gasteiger partial charge is 0.293 e. The van der Waals surface area contributed by atoms with Gasteiger partial charge >= 0.3 is 0 Å². The minimum Gasteiger partial charge on any atom is -0.365 e. The number of guanidine groups is 1. The van der Waals surface area contributed by atoms with Crippen LogP contribution in [-0.4, -0.2) is 47.7 Å². The first-order valence-corrected chi connectivity index (χ1v) is 12.2. The number of nitrogens with zero attached hydrogens (tertiary/aromatic N) is 2. The summed E-state index contributed by atoms with van der Waals surface area (Å²) in [6.07, 6.45) is 0.605. The van der Waals surface area contributed by atoms with Crippen molar-refractivity contribution in [1.29, 1.82) is 0 Å². The van der Waals surface area contributed by atoms with Crippen LogP contribution in [0.5, 0.6) is 0 Å². The van der Waals surface area contributed by atoms with Gasteiger partial charge in [0.1, 0.15) is 5.82 Å². The number of hydrogen-bond donors (Lipinski definition) is 3. The highest BCUT2D eigenvalue weighted by atomic mass is 19.1. The number of ketones is 3. The molecule has 0 fully saturated rings. The summed E-state index contributed by atoms with van der Waals surface area (Å²) in [6, 6.07) is 14.0. The van der Waals surface area contributed by atoms with E-state index < -0.39 is 52.5 Å². The lowest BCUT2D eigenvalue weighted by molar-refractivity contribution is -0.137. The fourth-order valence-corrected chi connectivity index (χ4v) is 3.88. The Labute approximate surface area is 228 Å². The van der Waals surface area contributed by atoms with E-state index in [2.05, 4.69) is 20.8 Å². The number of nitrogens with two attached hydrogens (primary N) is 1. The summed E-state index contributed by atoms with van der Waals surface area (Å²) in [4.78, 5) is 76.8. The Morgan fingerprint density at radius 3 is 2.38 bits per heavy atom. The molecule has 0 saturated heterocycles. The molecule has 40 heavy (non-hydrogen) atoms. The van der Waals surface area contributed by atoms with E-state index in [-0.39, 0.29) is 30.6 Å². The number of nitroso groups, excluding NO2 is 1. The van der Waals surface area contributed by atoms with Gasteiger partial charge in [-0.15, -0.1) is 4.91 Å². The highest BCUT2D eigenvalue weighted by Crippen LogP contribution is 2.21. The number of benzene rings is 3. The van der Waals surface area contributed by atoms with Crippen molar-refractivity contribution in [2.45, 2.75) is 32.2 Å². The third kappa shape index (κ3) is 7.69. The van der Waals surface area contributed by atoms with Gasteiger partial charge in [-0.2, -0.15) is 0 Å². The zero-order valence-electron chi connectivity index (χ0n) is 21.5. The van der Waals surface area contributed by atoms with Gasteiger partial charge in [-0.05, 0) is 60.4 Å². The molecule has 0 aliphatic heterocycles. The van der Waals surface area contributed by atoms with Crippen LogP contribution >= 0.6 is 0 Å². The van der Waals surface area contributed by atoms with Crippen LogP contribution in [0.15, 0.2) is 70.8 Å². The van der Waals surface area contributed by atoms with Gasteiger partial charge < -0.3 is 16.4 Å². The first kappa shape index (κ1) is 29.4. The Kier molecular flexibility index (Phi) is 10.0. The van der Waals surface area contributed by atoms with E-state index in [4.69, 9.17) is 5.73 Å². The SMILES string of the molecule is CC(=O)C(=O)C(CCCCN=C(N)N=O)NC(=O)C(=O)c1cc(F)ccc1NC(=O)c1ccc2ccccc2c1. The second-order valence-electron chi connectivity index (χ2n) is 8.81. The summed E-state index contributed by atoms with van der Waals surface area (Å²) in [6.45, 7) is 1.14. The molecular formula is C28H26FN5O6. The van der Waals surface area contributed by atoms with Gasteiger partial charge in [-0.1, -0.05) is 30.3 Å². The van der Waals surface area contributed by atoms with Crippen LogP contribution in [0, 0.1) is 10.7 Å². The summed E-state index contributed by atoms with van der Waals surface area (Å²) >= 11 is 0. The Balaban J connectivity index is 1.76. The Morgan fingerprint density at radius 2 is 1.68 bits per heavy atom. The molecule has 3 rings (SSSR count). The van der Waals surface area contributed by atoms with Crippen LogP contribution in [-0.2, 0) is 14.4 Å². The average molecular weight is 548 g/mol. The van der Waals surface area contributed by atoms with Gasteiger partial charge in [0.2, 0.25) is 5.78 Å². The van der Waals surface area contributed by atoms with Crippen molar-refractivity contribution >= 4 is 51.6 Å². The van der Waals surface area contributed by atoms with Gasteiger partial charge in [0.25, 0.3) is 23.6 Å². The third-order valence-corrected chi connectivity index (χ3v) is 5.93. The predicted molar refractivity (Wildman–Crippen MR) is 146 cm³/mol. The van der Waals surface area contributed by atoms with Gasteiger partial charge in [0.15, 0.2) is 5.78 Å². The molecule has 1 unspecified atom stereocenters. The number of fused-ring (bicyclic) bond motifs is 1. The first-order valence-electron chi connectivity index (χ1n) is 12.2. The Hall–Kier alpha value is -5.13. The quantitative estimate of drug-likeness (QED) is 0.0777. The molecule has 4 N–H and O–H groups in total. The maximum absolute atomic E-state index is 14.1. The number of amides is 2. The van der Waals surface area contributed by atoms with Crippen LogP contribution in [0.2, 0.25) is 0 Å². The van der Waals surface area contributed by atoms with Gasteiger partial charge in [0, 0.05) is 24.2 Å². The molecule has 0 bridgehead atoms. The standard InChI is InChI=1S/C28H26FN5O6/c1-16(35)24(36)23(8-4-5-13-31-28(30)34-40)33-27(39)25(37)21-15-20(29)11-12-22(21)32-26(38)19-10-9-17-6-2-3-7-18(17)14-19/h2-3,6-7,9-12,14-15,23H,4-5,8,13H2,1H3,(H2,30,31)(H,32,38)(H,33,39). The van der Waals surface area contributed by atoms with Crippen LogP contribution in [0.3, 0.4) is 0 Å². The molecular weight excluding hydrogens is 521 g/mol. The second kappa shape index (κ2) is 13.6. The monoisotopic (exact) mass is 547 g/mol. The summed E-state index contributed by atoms with van der Waals surface area (Å²) in [5, 5.41) is 8.94. The fraction of sp³-hybridized carbons (Fsp3) is 0.214. The first-order chi connectivity index (χ1) is 19.1. The number of aliphatic imine (C=N–C) groups is 1. The largest absolute Gasteiger partial charge is 0.365 e. The number of rotatable bonds is 12. The normalized spacial score (nSPS) is 11.9. The molecule has 0 aliphatic carbocycles. The number of carbonyl (C=O) groups excluding carboxylic acids is 5. The minimum absolute atomic E-state index is 0.0178. The molecule has 0 aromatic heterocycles. The van der Waals surface area contributed by atoms with Crippen molar-refractivity contribution in [3.05, 3.63) is 82.5 Å². The van der Waals surface area contributed by atoms with Crippen molar-refractivity contribution in [3.8, 4) is 0 Å². The molecule has 2 amide bonds. The zero-order valence-corrected chi connectivity index (χ0v) is 21.5. The molecule has 12 heteroatoms. The topological polar surface area (TPSA) is 177 Å². The number of carbonyl (C=O) groups is 5. The van der Waals surface area contributed by atoms with E-state index in [1.807, 2.05) is 24.3 Å². The van der Waals surface area contributed by atoms with Crippen molar-refractivity contribution in [2.24, 2.45) is 15.9 Å². The minimum atomic E-state index is -1.33. The summed E-state index contributed by atoms with van der Waals surface area (Å²) in [5.41, 5.74) is 4.91. The van der Waals surface area contributed by atoms with E-state index in [1.165, 1.54) is 0 Å². The highest BCUT2D eigenvalue weighted by molar-refractivity contribution is 6.45.